The molecule has 5 nitrogen and oxygen atoms in total. The van der Waals surface area contributed by atoms with E-state index in [9.17, 15) is 0 Å². The number of rotatable bonds is 4. The zero-order valence-electron chi connectivity index (χ0n) is 13.4. The van der Waals surface area contributed by atoms with Crippen LogP contribution in [-0.2, 0) is 0 Å². The van der Waals surface area contributed by atoms with Crippen LogP contribution in [0.5, 0.6) is 17.2 Å². The molecule has 0 aromatic heterocycles. The molecule has 1 fully saturated rings. The molecule has 0 saturated carbocycles. The maximum Gasteiger partial charge on any atom is 0.164 e. The SMILES string of the molecule is COc1cc(OC)c(C2C(N)CCCCN2C)cc1OC. The van der Waals surface area contributed by atoms with Crippen LogP contribution in [0.15, 0.2) is 12.1 Å². The maximum absolute atomic E-state index is 6.42. The molecule has 2 unspecified atom stereocenters. The Bertz CT molecular complexity index is 467. The van der Waals surface area contributed by atoms with Crippen LogP contribution in [0.4, 0.5) is 0 Å². The Labute approximate surface area is 127 Å². The minimum Gasteiger partial charge on any atom is -0.496 e. The van der Waals surface area contributed by atoms with Crippen molar-refractivity contribution >= 4 is 0 Å². The molecule has 0 radical (unpaired) electrons. The summed E-state index contributed by atoms with van der Waals surface area (Å²) in [7, 11) is 7.06. The van der Waals surface area contributed by atoms with Gasteiger partial charge in [0.05, 0.1) is 27.4 Å². The maximum atomic E-state index is 6.42. The number of likely N-dealkylation sites (tertiary alicyclic amines) is 1. The van der Waals surface area contributed by atoms with Crippen molar-refractivity contribution in [3.8, 4) is 17.2 Å². The Kier molecular flexibility index (Phi) is 5.31. The predicted molar refractivity (Wildman–Crippen MR) is 83.3 cm³/mol. The van der Waals surface area contributed by atoms with Gasteiger partial charge in [-0.3, -0.25) is 4.90 Å². The summed E-state index contributed by atoms with van der Waals surface area (Å²) in [5.41, 5.74) is 7.48. The monoisotopic (exact) mass is 294 g/mol. The van der Waals surface area contributed by atoms with Crippen LogP contribution in [0.1, 0.15) is 30.9 Å². The summed E-state index contributed by atoms with van der Waals surface area (Å²) in [4.78, 5) is 2.31. The topological polar surface area (TPSA) is 57.0 Å². The van der Waals surface area contributed by atoms with Crippen molar-refractivity contribution < 1.29 is 14.2 Å². The van der Waals surface area contributed by atoms with E-state index in [1.165, 1.54) is 6.42 Å². The average Bonchev–Trinajstić information content (AvgIpc) is 2.66. The van der Waals surface area contributed by atoms with Crippen molar-refractivity contribution in [3.05, 3.63) is 17.7 Å². The molecule has 5 heteroatoms. The lowest BCUT2D eigenvalue weighted by Crippen LogP contribution is -2.37. The van der Waals surface area contributed by atoms with E-state index >= 15 is 0 Å². The van der Waals surface area contributed by atoms with Gasteiger partial charge in [0, 0.05) is 17.7 Å². The highest BCUT2D eigenvalue weighted by Gasteiger charge is 2.30. The molecule has 1 heterocycles. The Morgan fingerprint density at radius 3 is 2.24 bits per heavy atom. The van der Waals surface area contributed by atoms with Crippen molar-refractivity contribution in [1.82, 2.24) is 4.90 Å². The van der Waals surface area contributed by atoms with E-state index in [0.29, 0.717) is 11.5 Å². The molecule has 1 saturated heterocycles. The summed E-state index contributed by atoms with van der Waals surface area (Å²) in [6, 6.07) is 4.08. The highest BCUT2D eigenvalue weighted by atomic mass is 16.5. The number of nitrogens with two attached hydrogens (primary N) is 1. The van der Waals surface area contributed by atoms with Crippen molar-refractivity contribution in [2.75, 3.05) is 34.9 Å². The summed E-state index contributed by atoms with van der Waals surface area (Å²) in [5.74, 6) is 2.17. The molecule has 21 heavy (non-hydrogen) atoms. The first-order chi connectivity index (χ1) is 10.1. The minimum atomic E-state index is 0.0875. The first-order valence-corrected chi connectivity index (χ1v) is 7.38. The highest BCUT2D eigenvalue weighted by molar-refractivity contribution is 5.52. The number of ether oxygens (including phenoxy) is 3. The third-order valence-corrected chi connectivity index (χ3v) is 4.23. The minimum absolute atomic E-state index is 0.0875. The van der Waals surface area contributed by atoms with Crippen molar-refractivity contribution in [2.45, 2.75) is 31.3 Å². The van der Waals surface area contributed by atoms with Crippen LogP contribution in [0.2, 0.25) is 0 Å². The molecule has 2 rings (SSSR count). The van der Waals surface area contributed by atoms with Crippen LogP contribution in [0, 0.1) is 0 Å². The molecule has 1 aromatic rings. The highest BCUT2D eigenvalue weighted by Crippen LogP contribution is 2.41. The lowest BCUT2D eigenvalue weighted by Gasteiger charge is -2.32. The van der Waals surface area contributed by atoms with Gasteiger partial charge in [0.15, 0.2) is 11.5 Å². The van der Waals surface area contributed by atoms with E-state index in [0.717, 1.165) is 30.7 Å². The van der Waals surface area contributed by atoms with E-state index in [1.54, 1.807) is 21.3 Å². The van der Waals surface area contributed by atoms with Gasteiger partial charge in [-0.05, 0) is 32.5 Å². The largest absolute Gasteiger partial charge is 0.496 e. The van der Waals surface area contributed by atoms with E-state index in [2.05, 4.69) is 11.9 Å². The Morgan fingerprint density at radius 2 is 1.62 bits per heavy atom. The van der Waals surface area contributed by atoms with Gasteiger partial charge in [-0.1, -0.05) is 6.42 Å². The predicted octanol–water partition coefficient (Wildman–Crippen LogP) is 2.20. The summed E-state index contributed by atoms with van der Waals surface area (Å²) >= 11 is 0. The Balaban J connectivity index is 2.49. The second-order valence-electron chi connectivity index (χ2n) is 5.53. The first-order valence-electron chi connectivity index (χ1n) is 7.38. The fraction of sp³-hybridized carbons (Fsp3) is 0.625. The molecule has 0 bridgehead atoms. The standard InChI is InChI=1S/C16H26N2O3/c1-18-8-6-5-7-12(17)16(18)11-9-14(20-3)15(21-4)10-13(11)19-2/h9-10,12,16H,5-8,17H2,1-4H3. The number of hydrogen-bond acceptors (Lipinski definition) is 5. The van der Waals surface area contributed by atoms with Gasteiger partial charge in [0.1, 0.15) is 5.75 Å². The summed E-state index contributed by atoms with van der Waals surface area (Å²) < 4.78 is 16.3. The number of benzene rings is 1. The molecule has 1 aliphatic heterocycles. The number of methoxy groups -OCH3 is 3. The van der Waals surface area contributed by atoms with Crippen LogP contribution in [0.25, 0.3) is 0 Å². The second kappa shape index (κ2) is 7.00. The zero-order valence-corrected chi connectivity index (χ0v) is 13.4. The molecule has 1 aliphatic rings. The van der Waals surface area contributed by atoms with Gasteiger partial charge in [-0.25, -0.2) is 0 Å². The van der Waals surface area contributed by atoms with Crippen LogP contribution < -0.4 is 19.9 Å². The van der Waals surface area contributed by atoms with Gasteiger partial charge in [-0.2, -0.15) is 0 Å². The van der Waals surface area contributed by atoms with Gasteiger partial charge in [0.25, 0.3) is 0 Å². The molecular weight excluding hydrogens is 268 g/mol. The average molecular weight is 294 g/mol. The summed E-state index contributed by atoms with van der Waals surface area (Å²) in [5, 5.41) is 0. The van der Waals surface area contributed by atoms with Crippen LogP contribution in [-0.4, -0.2) is 45.9 Å². The molecule has 2 atom stereocenters. The molecular formula is C16H26N2O3. The molecule has 0 amide bonds. The third-order valence-electron chi connectivity index (χ3n) is 4.23. The van der Waals surface area contributed by atoms with E-state index < -0.39 is 0 Å². The zero-order chi connectivity index (χ0) is 15.4. The van der Waals surface area contributed by atoms with Crippen molar-refractivity contribution in [1.29, 1.82) is 0 Å². The number of hydrogen-bond donors (Lipinski definition) is 1. The molecule has 2 N–H and O–H groups in total. The number of nitrogens with zero attached hydrogens (tertiary/aromatic N) is 1. The smallest absolute Gasteiger partial charge is 0.164 e. The number of likely N-dealkylation sites (N-methyl/N-ethyl adjacent to an activating group) is 1. The lowest BCUT2D eigenvalue weighted by molar-refractivity contribution is 0.223. The van der Waals surface area contributed by atoms with Gasteiger partial charge in [-0.15, -0.1) is 0 Å². The fourth-order valence-electron chi connectivity index (χ4n) is 3.12. The van der Waals surface area contributed by atoms with E-state index in [-0.39, 0.29) is 12.1 Å². The van der Waals surface area contributed by atoms with Gasteiger partial charge in [0.2, 0.25) is 0 Å². The normalized spacial score (nSPS) is 23.5. The third kappa shape index (κ3) is 3.24. The molecule has 1 aromatic carbocycles. The van der Waals surface area contributed by atoms with Gasteiger partial charge < -0.3 is 19.9 Å². The van der Waals surface area contributed by atoms with Gasteiger partial charge >= 0.3 is 0 Å². The Hall–Kier alpha value is -1.46. The van der Waals surface area contributed by atoms with Crippen molar-refractivity contribution in [2.24, 2.45) is 5.73 Å². The lowest BCUT2D eigenvalue weighted by atomic mass is 9.95. The molecule has 118 valence electrons. The van der Waals surface area contributed by atoms with E-state index in [4.69, 9.17) is 19.9 Å². The Morgan fingerprint density at radius 1 is 1.00 bits per heavy atom. The molecule has 0 aliphatic carbocycles. The van der Waals surface area contributed by atoms with Crippen LogP contribution >= 0.6 is 0 Å². The fourth-order valence-corrected chi connectivity index (χ4v) is 3.12. The van der Waals surface area contributed by atoms with Crippen LogP contribution in [0.3, 0.4) is 0 Å². The van der Waals surface area contributed by atoms with E-state index in [1.807, 2.05) is 12.1 Å². The second-order valence-corrected chi connectivity index (χ2v) is 5.53. The summed E-state index contributed by atoms with van der Waals surface area (Å²) in [6.45, 7) is 1.04. The summed E-state index contributed by atoms with van der Waals surface area (Å²) in [6.07, 6.45) is 3.36. The van der Waals surface area contributed by atoms with Crippen molar-refractivity contribution in [3.63, 3.8) is 0 Å². The quantitative estimate of drug-likeness (QED) is 0.922. The first kappa shape index (κ1) is 15.9. The molecule has 0 spiro atoms.